The maximum Gasteiger partial charge on any atom is 0.348 e. The van der Waals surface area contributed by atoms with Crippen LogP contribution in [0.25, 0.3) is 0 Å². The molecule has 0 unspecified atom stereocenters. The van der Waals surface area contributed by atoms with Crippen molar-refractivity contribution in [3.63, 3.8) is 0 Å². The zero-order valence-electron chi connectivity index (χ0n) is 18.3. The van der Waals surface area contributed by atoms with Crippen molar-refractivity contribution in [2.75, 3.05) is 6.61 Å². The summed E-state index contributed by atoms with van der Waals surface area (Å²) >= 11 is 0. The molecule has 0 aliphatic carbocycles. The molecule has 1 heterocycles. The first kappa shape index (κ1) is 23.3. The summed E-state index contributed by atoms with van der Waals surface area (Å²) in [6, 6.07) is 21.5. The van der Waals surface area contributed by atoms with Crippen molar-refractivity contribution in [3.05, 3.63) is 95.3 Å². The van der Waals surface area contributed by atoms with Gasteiger partial charge in [-0.25, -0.2) is 4.79 Å². The van der Waals surface area contributed by atoms with Gasteiger partial charge in [0.1, 0.15) is 30.0 Å². The molecule has 0 aromatic heterocycles. The minimum Gasteiger partial charge on any atom is -0.495 e. The summed E-state index contributed by atoms with van der Waals surface area (Å²) < 4.78 is 23.2. The highest BCUT2D eigenvalue weighted by Gasteiger charge is 2.36. The molecule has 0 fully saturated rings. The molecule has 0 amide bonds. The Morgan fingerprint density at radius 3 is 2.19 bits per heavy atom. The lowest BCUT2D eigenvalue weighted by atomic mass is 9.97. The fourth-order valence-electron chi connectivity index (χ4n) is 3.34. The first-order valence-corrected chi connectivity index (χ1v) is 10.6. The fourth-order valence-corrected chi connectivity index (χ4v) is 3.34. The Hall–Kier alpha value is -3.40. The standard InChI is InChI=1S/C26H27NO5/c1-3-29-26(28)22(15-27)14-23-18-30-19(2)24(31-16-20-10-6-4-7-11-20)25(23)32-17-21-12-8-5-9-13-21/h4-14,18-19,24-25H,3,16-17H2,1-2H3/b22-14+/t19-,24-,25-/m0/s1. The molecule has 3 atom stereocenters. The topological polar surface area (TPSA) is 77.8 Å². The molecule has 6 heteroatoms. The van der Waals surface area contributed by atoms with E-state index in [1.54, 1.807) is 6.92 Å². The van der Waals surface area contributed by atoms with Gasteiger partial charge in [-0.05, 0) is 31.1 Å². The van der Waals surface area contributed by atoms with Crippen molar-refractivity contribution in [2.24, 2.45) is 0 Å². The van der Waals surface area contributed by atoms with Gasteiger partial charge in [0.15, 0.2) is 0 Å². The molecule has 1 aliphatic heterocycles. The number of carbonyl (C=O) groups is 1. The molecule has 1 aliphatic rings. The number of nitrogens with zero attached hydrogens (tertiary/aromatic N) is 1. The molecular weight excluding hydrogens is 406 g/mol. The molecular formula is C26H27NO5. The summed E-state index contributed by atoms with van der Waals surface area (Å²) in [5.41, 5.74) is 2.45. The van der Waals surface area contributed by atoms with E-state index in [-0.39, 0.29) is 18.3 Å². The van der Waals surface area contributed by atoms with Gasteiger partial charge in [0, 0.05) is 5.57 Å². The summed E-state index contributed by atoms with van der Waals surface area (Å²) in [6.45, 7) is 4.50. The number of benzene rings is 2. The molecule has 0 radical (unpaired) electrons. The van der Waals surface area contributed by atoms with E-state index in [0.717, 1.165) is 11.1 Å². The van der Waals surface area contributed by atoms with Crippen LogP contribution in [0.5, 0.6) is 0 Å². The Kier molecular flexibility index (Phi) is 8.61. The lowest BCUT2D eigenvalue weighted by molar-refractivity contribution is -0.138. The van der Waals surface area contributed by atoms with Crippen LogP contribution in [0.4, 0.5) is 0 Å². The SMILES string of the molecule is CCOC(=O)/C(C#N)=C/C1=CO[C@@H](C)[C@H](OCc2ccccc2)[C@H]1OCc1ccccc1. The van der Waals surface area contributed by atoms with E-state index in [0.29, 0.717) is 18.8 Å². The zero-order valence-corrected chi connectivity index (χ0v) is 18.3. The molecule has 32 heavy (non-hydrogen) atoms. The highest BCUT2D eigenvalue weighted by molar-refractivity contribution is 5.93. The normalized spacial score (nSPS) is 20.6. The highest BCUT2D eigenvalue weighted by atomic mass is 16.6. The summed E-state index contributed by atoms with van der Waals surface area (Å²) in [4.78, 5) is 12.1. The lowest BCUT2D eigenvalue weighted by Gasteiger charge is -2.36. The number of rotatable bonds is 9. The zero-order chi connectivity index (χ0) is 22.8. The maximum atomic E-state index is 12.1. The average molecular weight is 434 g/mol. The van der Waals surface area contributed by atoms with Crippen LogP contribution in [0.3, 0.4) is 0 Å². The molecule has 2 aromatic rings. The van der Waals surface area contributed by atoms with Gasteiger partial charge >= 0.3 is 5.97 Å². The average Bonchev–Trinajstić information content (AvgIpc) is 2.82. The first-order valence-electron chi connectivity index (χ1n) is 10.6. The quantitative estimate of drug-likeness (QED) is 0.330. The third-order valence-corrected chi connectivity index (χ3v) is 4.99. The predicted octanol–water partition coefficient (Wildman–Crippen LogP) is 4.47. The second kappa shape index (κ2) is 11.8. The Morgan fingerprint density at radius 1 is 1.03 bits per heavy atom. The molecule has 2 aromatic carbocycles. The van der Waals surface area contributed by atoms with Crippen LogP contribution in [0.2, 0.25) is 0 Å². The van der Waals surface area contributed by atoms with Crippen molar-refractivity contribution in [2.45, 2.75) is 45.4 Å². The lowest BCUT2D eigenvalue weighted by Crippen LogP contribution is -2.44. The smallest absolute Gasteiger partial charge is 0.348 e. The van der Waals surface area contributed by atoms with Crippen molar-refractivity contribution < 1.29 is 23.7 Å². The molecule has 0 saturated heterocycles. The summed E-state index contributed by atoms with van der Waals surface area (Å²) in [5.74, 6) is -0.682. The van der Waals surface area contributed by atoms with Crippen LogP contribution < -0.4 is 0 Å². The van der Waals surface area contributed by atoms with E-state index in [1.807, 2.05) is 73.7 Å². The fraction of sp³-hybridized carbons (Fsp3) is 0.308. The molecule has 0 N–H and O–H groups in total. The summed E-state index contributed by atoms with van der Waals surface area (Å²) in [6.07, 6.45) is 1.71. The van der Waals surface area contributed by atoms with Crippen molar-refractivity contribution >= 4 is 5.97 Å². The number of hydrogen-bond donors (Lipinski definition) is 0. The van der Waals surface area contributed by atoms with Crippen molar-refractivity contribution in [1.29, 1.82) is 5.26 Å². The van der Waals surface area contributed by atoms with Crippen LogP contribution in [0, 0.1) is 11.3 Å². The minimum absolute atomic E-state index is 0.119. The number of carbonyl (C=O) groups excluding carboxylic acids is 1. The van der Waals surface area contributed by atoms with Gasteiger partial charge in [-0.3, -0.25) is 0 Å². The van der Waals surface area contributed by atoms with Crippen molar-refractivity contribution in [3.8, 4) is 6.07 Å². The maximum absolute atomic E-state index is 12.1. The number of nitriles is 1. The van der Waals surface area contributed by atoms with Crippen LogP contribution in [-0.4, -0.2) is 30.9 Å². The second-order valence-electron chi connectivity index (χ2n) is 7.33. The Balaban J connectivity index is 1.85. The Morgan fingerprint density at radius 2 is 1.62 bits per heavy atom. The predicted molar refractivity (Wildman–Crippen MR) is 119 cm³/mol. The largest absolute Gasteiger partial charge is 0.495 e. The molecule has 3 rings (SSSR count). The van der Waals surface area contributed by atoms with E-state index in [1.165, 1.54) is 12.3 Å². The second-order valence-corrected chi connectivity index (χ2v) is 7.33. The van der Waals surface area contributed by atoms with Gasteiger partial charge in [-0.1, -0.05) is 60.7 Å². The van der Waals surface area contributed by atoms with Crippen LogP contribution >= 0.6 is 0 Å². The number of hydrogen-bond acceptors (Lipinski definition) is 6. The van der Waals surface area contributed by atoms with Gasteiger partial charge in [-0.15, -0.1) is 0 Å². The van der Waals surface area contributed by atoms with E-state index in [9.17, 15) is 10.1 Å². The van der Waals surface area contributed by atoms with Crippen LogP contribution in [0.1, 0.15) is 25.0 Å². The first-order chi connectivity index (χ1) is 15.6. The van der Waals surface area contributed by atoms with Gasteiger partial charge in [0.25, 0.3) is 0 Å². The van der Waals surface area contributed by atoms with Gasteiger partial charge in [0.2, 0.25) is 0 Å². The van der Waals surface area contributed by atoms with E-state index < -0.39 is 18.2 Å². The number of esters is 1. The van der Waals surface area contributed by atoms with Gasteiger partial charge in [0.05, 0.1) is 26.1 Å². The monoisotopic (exact) mass is 433 g/mol. The Labute approximate surface area is 188 Å². The van der Waals surface area contributed by atoms with Crippen LogP contribution in [0.15, 0.2) is 84.1 Å². The van der Waals surface area contributed by atoms with Gasteiger partial charge in [-0.2, -0.15) is 5.26 Å². The van der Waals surface area contributed by atoms with E-state index >= 15 is 0 Å². The minimum atomic E-state index is -0.682. The van der Waals surface area contributed by atoms with E-state index in [2.05, 4.69) is 0 Å². The highest BCUT2D eigenvalue weighted by Crippen LogP contribution is 2.28. The third kappa shape index (κ3) is 6.30. The number of ether oxygens (including phenoxy) is 4. The molecule has 0 bridgehead atoms. The molecule has 0 saturated carbocycles. The summed E-state index contributed by atoms with van der Waals surface area (Å²) in [7, 11) is 0. The third-order valence-electron chi connectivity index (χ3n) is 4.99. The molecule has 6 nitrogen and oxygen atoms in total. The van der Waals surface area contributed by atoms with Crippen molar-refractivity contribution in [1.82, 2.24) is 0 Å². The van der Waals surface area contributed by atoms with Gasteiger partial charge < -0.3 is 18.9 Å². The summed E-state index contributed by atoms with van der Waals surface area (Å²) in [5, 5.41) is 9.46. The molecule has 166 valence electrons. The van der Waals surface area contributed by atoms with Crippen LogP contribution in [-0.2, 0) is 37.0 Å². The van der Waals surface area contributed by atoms with E-state index in [4.69, 9.17) is 18.9 Å². The molecule has 0 spiro atoms. The Bertz CT molecular complexity index is 978.